The highest BCUT2D eigenvalue weighted by molar-refractivity contribution is 4.91. The van der Waals surface area contributed by atoms with Crippen molar-refractivity contribution >= 4 is 0 Å². The molecule has 6 heteroatoms. The van der Waals surface area contributed by atoms with E-state index in [1.54, 1.807) is 0 Å². The third kappa shape index (κ3) is 2.87. The van der Waals surface area contributed by atoms with Crippen molar-refractivity contribution in [2.45, 2.75) is 18.6 Å². The molecule has 2 atom stereocenters. The van der Waals surface area contributed by atoms with Crippen molar-refractivity contribution < 1.29 is 13.2 Å². The molecule has 2 heterocycles. The van der Waals surface area contributed by atoms with Crippen LogP contribution >= 0.6 is 0 Å². The van der Waals surface area contributed by atoms with Crippen LogP contribution in [0.5, 0.6) is 0 Å². The van der Waals surface area contributed by atoms with Gasteiger partial charge in [0.1, 0.15) is 6.04 Å². The maximum atomic E-state index is 12.7. The van der Waals surface area contributed by atoms with E-state index in [0.29, 0.717) is 19.5 Å². The second-order valence-corrected chi connectivity index (χ2v) is 4.57. The van der Waals surface area contributed by atoms with Crippen LogP contribution in [0.3, 0.4) is 0 Å². The molecule has 0 bridgehead atoms. The first-order chi connectivity index (χ1) is 7.57. The van der Waals surface area contributed by atoms with Crippen LogP contribution in [0.25, 0.3) is 0 Å². The summed E-state index contributed by atoms with van der Waals surface area (Å²) in [6.07, 6.45) is -3.47. The fourth-order valence-corrected chi connectivity index (χ4v) is 2.56. The van der Waals surface area contributed by atoms with Gasteiger partial charge in [-0.3, -0.25) is 0 Å². The molecule has 3 nitrogen and oxygen atoms in total. The normalized spacial score (nSPS) is 33.2. The SMILES string of the molecule is FC(F)(F)[C@H]1NCC[C@@H]1CN1CCNCC1. The minimum atomic E-state index is -4.10. The Kier molecular flexibility index (Phi) is 3.71. The van der Waals surface area contributed by atoms with E-state index in [1.807, 2.05) is 0 Å². The third-order valence-electron chi connectivity index (χ3n) is 3.41. The maximum absolute atomic E-state index is 12.7. The summed E-state index contributed by atoms with van der Waals surface area (Å²) in [6.45, 7) is 4.55. The highest BCUT2D eigenvalue weighted by atomic mass is 19.4. The zero-order valence-corrected chi connectivity index (χ0v) is 9.19. The molecule has 0 radical (unpaired) electrons. The Morgan fingerprint density at radius 1 is 1.12 bits per heavy atom. The molecule has 2 saturated heterocycles. The van der Waals surface area contributed by atoms with E-state index in [4.69, 9.17) is 0 Å². The van der Waals surface area contributed by atoms with Gasteiger partial charge < -0.3 is 15.5 Å². The fourth-order valence-electron chi connectivity index (χ4n) is 2.56. The van der Waals surface area contributed by atoms with Crippen LogP contribution in [-0.4, -0.2) is 56.4 Å². The van der Waals surface area contributed by atoms with E-state index < -0.39 is 12.2 Å². The van der Waals surface area contributed by atoms with Crippen molar-refractivity contribution in [3.05, 3.63) is 0 Å². The average Bonchev–Trinajstić information content (AvgIpc) is 2.67. The summed E-state index contributed by atoms with van der Waals surface area (Å²) in [6, 6.07) is -1.30. The maximum Gasteiger partial charge on any atom is 0.404 e. The van der Waals surface area contributed by atoms with Gasteiger partial charge in [0.2, 0.25) is 0 Å². The minimum absolute atomic E-state index is 0.280. The van der Waals surface area contributed by atoms with Gasteiger partial charge in [0.15, 0.2) is 0 Å². The first-order valence-corrected chi connectivity index (χ1v) is 5.80. The van der Waals surface area contributed by atoms with Crippen molar-refractivity contribution in [3.63, 3.8) is 0 Å². The molecule has 0 aromatic rings. The highest BCUT2D eigenvalue weighted by Gasteiger charge is 2.47. The van der Waals surface area contributed by atoms with Crippen LogP contribution < -0.4 is 10.6 Å². The Labute approximate surface area is 93.4 Å². The molecule has 0 saturated carbocycles. The minimum Gasteiger partial charge on any atom is -0.314 e. The summed E-state index contributed by atoms with van der Waals surface area (Å²) in [7, 11) is 0. The van der Waals surface area contributed by atoms with Gasteiger partial charge in [-0.25, -0.2) is 0 Å². The lowest BCUT2D eigenvalue weighted by Gasteiger charge is -2.32. The van der Waals surface area contributed by atoms with Crippen LogP contribution in [-0.2, 0) is 0 Å². The summed E-state index contributed by atoms with van der Waals surface area (Å²) in [5.74, 6) is -0.280. The fraction of sp³-hybridized carbons (Fsp3) is 1.00. The summed E-state index contributed by atoms with van der Waals surface area (Å²) >= 11 is 0. The predicted octanol–water partition coefficient (Wildman–Crippen LogP) is 0.432. The monoisotopic (exact) mass is 237 g/mol. The first kappa shape index (κ1) is 12.1. The Bertz CT molecular complexity index is 226. The topological polar surface area (TPSA) is 27.3 Å². The van der Waals surface area contributed by atoms with Crippen LogP contribution in [0, 0.1) is 5.92 Å². The van der Waals surface area contributed by atoms with Gasteiger partial charge in [-0.1, -0.05) is 0 Å². The van der Waals surface area contributed by atoms with E-state index in [2.05, 4.69) is 15.5 Å². The lowest BCUT2D eigenvalue weighted by atomic mass is 9.99. The molecule has 2 aliphatic rings. The van der Waals surface area contributed by atoms with E-state index >= 15 is 0 Å². The molecule has 16 heavy (non-hydrogen) atoms. The summed E-state index contributed by atoms with van der Waals surface area (Å²) < 4.78 is 38.0. The number of alkyl halides is 3. The van der Waals surface area contributed by atoms with Gasteiger partial charge in [0.05, 0.1) is 0 Å². The van der Waals surface area contributed by atoms with Gasteiger partial charge in [0, 0.05) is 32.7 Å². The number of rotatable bonds is 2. The molecule has 0 amide bonds. The smallest absolute Gasteiger partial charge is 0.314 e. The lowest BCUT2D eigenvalue weighted by Crippen LogP contribution is -2.49. The molecule has 0 aromatic carbocycles. The standard InChI is InChI=1S/C10H18F3N3/c11-10(12,13)9-8(1-2-15-9)7-16-5-3-14-4-6-16/h8-9,14-15H,1-7H2/t8-,9+/m1/s1. The van der Waals surface area contributed by atoms with Gasteiger partial charge in [-0.15, -0.1) is 0 Å². The first-order valence-electron chi connectivity index (χ1n) is 5.80. The molecule has 94 valence electrons. The van der Waals surface area contributed by atoms with Crippen LogP contribution in [0.1, 0.15) is 6.42 Å². The molecule has 2 N–H and O–H groups in total. The van der Waals surface area contributed by atoms with Gasteiger partial charge in [0.25, 0.3) is 0 Å². The number of piperazine rings is 1. The molecular weight excluding hydrogens is 219 g/mol. The number of nitrogens with one attached hydrogen (secondary N) is 2. The van der Waals surface area contributed by atoms with E-state index in [0.717, 1.165) is 26.2 Å². The average molecular weight is 237 g/mol. The van der Waals surface area contributed by atoms with E-state index in [9.17, 15) is 13.2 Å². The van der Waals surface area contributed by atoms with Crippen molar-refractivity contribution in [1.29, 1.82) is 0 Å². The van der Waals surface area contributed by atoms with Gasteiger partial charge >= 0.3 is 6.18 Å². The van der Waals surface area contributed by atoms with Crippen molar-refractivity contribution in [3.8, 4) is 0 Å². The zero-order chi connectivity index (χ0) is 11.6. The Morgan fingerprint density at radius 3 is 2.44 bits per heavy atom. The second-order valence-electron chi connectivity index (χ2n) is 4.57. The molecule has 0 aliphatic carbocycles. The van der Waals surface area contributed by atoms with Crippen LogP contribution in [0.2, 0.25) is 0 Å². The number of nitrogens with zero attached hydrogens (tertiary/aromatic N) is 1. The Balaban J connectivity index is 1.88. The largest absolute Gasteiger partial charge is 0.404 e. The van der Waals surface area contributed by atoms with Crippen LogP contribution in [0.4, 0.5) is 13.2 Å². The highest BCUT2D eigenvalue weighted by Crippen LogP contribution is 2.31. The molecule has 2 aliphatic heterocycles. The number of hydrogen-bond donors (Lipinski definition) is 2. The number of hydrogen-bond acceptors (Lipinski definition) is 3. The quantitative estimate of drug-likeness (QED) is 0.729. The predicted molar refractivity (Wildman–Crippen MR) is 55.3 cm³/mol. The van der Waals surface area contributed by atoms with Crippen molar-refractivity contribution in [2.24, 2.45) is 5.92 Å². The second kappa shape index (κ2) is 4.89. The van der Waals surface area contributed by atoms with Crippen molar-refractivity contribution in [1.82, 2.24) is 15.5 Å². The molecular formula is C10H18F3N3. The molecule has 2 rings (SSSR count). The summed E-state index contributed by atoms with van der Waals surface area (Å²) in [5.41, 5.74) is 0. The summed E-state index contributed by atoms with van der Waals surface area (Å²) in [5, 5.41) is 5.77. The molecule has 0 unspecified atom stereocenters. The van der Waals surface area contributed by atoms with E-state index in [-0.39, 0.29) is 5.92 Å². The zero-order valence-electron chi connectivity index (χ0n) is 9.19. The molecule has 0 aromatic heterocycles. The van der Waals surface area contributed by atoms with Crippen molar-refractivity contribution in [2.75, 3.05) is 39.3 Å². The van der Waals surface area contributed by atoms with Gasteiger partial charge in [-0.2, -0.15) is 13.2 Å². The number of halogens is 3. The van der Waals surface area contributed by atoms with Gasteiger partial charge in [-0.05, 0) is 18.9 Å². The van der Waals surface area contributed by atoms with Crippen LogP contribution in [0.15, 0.2) is 0 Å². The lowest BCUT2D eigenvalue weighted by molar-refractivity contribution is -0.162. The molecule has 0 spiro atoms. The molecule has 2 fully saturated rings. The van der Waals surface area contributed by atoms with E-state index in [1.165, 1.54) is 0 Å². The summed E-state index contributed by atoms with van der Waals surface area (Å²) in [4.78, 5) is 2.13. The Hall–Kier alpha value is -0.330. The third-order valence-corrected chi connectivity index (χ3v) is 3.41. The Morgan fingerprint density at radius 2 is 1.81 bits per heavy atom.